The first-order valence-electron chi connectivity index (χ1n) is 5.95. The molecule has 1 aliphatic heterocycles. The van der Waals surface area contributed by atoms with Gasteiger partial charge >= 0.3 is 0 Å². The Morgan fingerprint density at radius 3 is 2.53 bits per heavy atom. The van der Waals surface area contributed by atoms with Crippen LogP contribution in [-0.2, 0) is 9.53 Å². The van der Waals surface area contributed by atoms with Crippen LogP contribution in [0.4, 0.5) is 0 Å². The third-order valence-electron chi connectivity index (χ3n) is 2.77. The molecule has 4 nitrogen and oxygen atoms in total. The number of hydrogen-bond acceptors (Lipinski definition) is 3. The van der Waals surface area contributed by atoms with Gasteiger partial charge in [-0.2, -0.15) is 0 Å². The number of ether oxygens (including phenoxy) is 1. The molecule has 0 unspecified atom stereocenters. The largest absolute Gasteiger partial charge is 0.378 e. The van der Waals surface area contributed by atoms with E-state index in [9.17, 15) is 4.79 Å². The van der Waals surface area contributed by atoms with Gasteiger partial charge in [0.2, 0.25) is 5.91 Å². The van der Waals surface area contributed by atoms with E-state index in [1.165, 1.54) is 0 Å². The molecule has 1 saturated heterocycles. The Morgan fingerprint density at radius 2 is 2.06 bits per heavy atom. The third-order valence-corrected chi connectivity index (χ3v) is 3.05. The van der Waals surface area contributed by atoms with Gasteiger partial charge in [0.05, 0.1) is 19.3 Å². The molecular weight excluding hydrogens is 284 g/mol. The van der Waals surface area contributed by atoms with Crippen molar-refractivity contribution < 1.29 is 9.53 Å². The second-order valence-corrected chi connectivity index (χ2v) is 5.68. The molecule has 0 aromatic heterocycles. The Morgan fingerprint density at radius 1 is 1.47 bits per heavy atom. The van der Waals surface area contributed by atoms with Gasteiger partial charge in [0.25, 0.3) is 0 Å². The highest BCUT2D eigenvalue weighted by molar-refractivity contribution is 9.11. The molecular formula is C12H21BrN2O2. The van der Waals surface area contributed by atoms with Gasteiger partial charge in [-0.25, -0.2) is 0 Å². The lowest BCUT2D eigenvalue weighted by Crippen LogP contribution is -2.52. The molecule has 1 amide bonds. The van der Waals surface area contributed by atoms with E-state index >= 15 is 0 Å². The van der Waals surface area contributed by atoms with Gasteiger partial charge in [0, 0.05) is 24.1 Å². The quantitative estimate of drug-likeness (QED) is 0.834. The Balaban J connectivity index is 2.55. The minimum atomic E-state index is -0.151. The molecule has 0 aromatic rings. The highest BCUT2D eigenvalue weighted by Crippen LogP contribution is 2.09. The van der Waals surface area contributed by atoms with Crippen LogP contribution in [0.15, 0.2) is 11.1 Å². The number of rotatable bonds is 5. The summed E-state index contributed by atoms with van der Waals surface area (Å²) in [6.45, 7) is 11.1. The van der Waals surface area contributed by atoms with Crippen LogP contribution >= 0.6 is 15.9 Å². The molecule has 0 aromatic carbocycles. The van der Waals surface area contributed by atoms with Crippen LogP contribution in [0.1, 0.15) is 13.8 Å². The van der Waals surface area contributed by atoms with E-state index in [0.717, 1.165) is 4.48 Å². The van der Waals surface area contributed by atoms with E-state index in [1.54, 1.807) is 0 Å². The predicted molar refractivity (Wildman–Crippen MR) is 72.1 cm³/mol. The van der Waals surface area contributed by atoms with Gasteiger partial charge in [0.1, 0.15) is 0 Å². The number of halogens is 1. The Hall–Kier alpha value is -0.390. The highest BCUT2D eigenvalue weighted by atomic mass is 79.9. The summed E-state index contributed by atoms with van der Waals surface area (Å²) >= 11 is 3.30. The maximum Gasteiger partial charge on any atom is 0.240 e. The fourth-order valence-electron chi connectivity index (χ4n) is 1.81. The van der Waals surface area contributed by atoms with Crippen molar-refractivity contribution in [1.82, 2.24) is 10.2 Å². The molecule has 0 saturated carbocycles. The fraction of sp³-hybridized carbons (Fsp3) is 0.750. The van der Waals surface area contributed by atoms with Crippen molar-refractivity contribution in [2.75, 3.05) is 32.8 Å². The topological polar surface area (TPSA) is 41.6 Å². The first-order valence-corrected chi connectivity index (χ1v) is 6.75. The zero-order valence-corrected chi connectivity index (χ0v) is 12.1. The number of carbonyl (C=O) groups excluding carboxylic acids is 1. The van der Waals surface area contributed by atoms with Crippen LogP contribution in [-0.4, -0.2) is 49.7 Å². The number of carbonyl (C=O) groups is 1. The summed E-state index contributed by atoms with van der Waals surface area (Å²) in [6.07, 6.45) is 0. The minimum absolute atomic E-state index is 0.151. The summed E-state index contributed by atoms with van der Waals surface area (Å²) in [7, 11) is 0. The summed E-state index contributed by atoms with van der Waals surface area (Å²) in [5.74, 6) is 0.425. The normalized spacial score (nSPS) is 18.2. The molecule has 0 spiro atoms. The van der Waals surface area contributed by atoms with Crippen molar-refractivity contribution in [3.8, 4) is 0 Å². The SMILES string of the molecule is C=C(Br)CN[C@H](C(=O)N1CCOCC1)C(C)C. The van der Waals surface area contributed by atoms with Crippen molar-refractivity contribution in [3.05, 3.63) is 11.1 Å². The van der Waals surface area contributed by atoms with E-state index in [1.807, 2.05) is 18.7 Å². The molecule has 17 heavy (non-hydrogen) atoms. The van der Waals surface area contributed by atoms with Crippen LogP contribution in [0.2, 0.25) is 0 Å². The summed E-state index contributed by atoms with van der Waals surface area (Å²) < 4.78 is 6.11. The minimum Gasteiger partial charge on any atom is -0.378 e. The lowest BCUT2D eigenvalue weighted by Gasteiger charge is -2.32. The molecule has 0 aliphatic carbocycles. The molecule has 1 heterocycles. The van der Waals surface area contributed by atoms with E-state index in [-0.39, 0.29) is 17.9 Å². The summed E-state index contributed by atoms with van der Waals surface area (Å²) in [6, 6.07) is -0.151. The van der Waals surface area contributed by atoms with E-state index in [0.29, 0.717) is 32.8 Å². The number of nitrogens with one attached hydrogen (secondary N) is 1. The Bertz CT molecular complexity index is 276. The van der Waals surface area contributed by atoms with Crippen LogP contribution in [0.25, 0.3) is 0 Å². The van der Waals surface area contributed by atoms with Gasteiger partial charge in [-0.05, 0) is 5.92 Å². The van der Waals surface area contributed by atoms with Gasteiger partial charge in [-0.3, -0.25) is 4.79 Å². The van der Waals surface area contributed by atoms with Crippen LogP contribution < -0.4 is 5.32 Å². The monoisotopic (exact) mass is 304 g/mol. The summed E-state index contributed by atoms with van der Waals surface area (Å²) in [5.41, 5.74) is 0. The van der Waals surface area contributed by atoms with Crippen molar-refractivity contribution in [1.29, 1.82) is 0 Å². The molecule has 1 N–H and O–H groups in total. The second-order valence-electron chi connectivity index (χ2n) is 4.56. The van der Waals surface area contributed by atoms with Gasteiger partial charge in [-0.1, -0.05) is 36.4 Å². The van der Waals surface area contributed by atoms with Gasteiger partial charge in [0.15, 0.2) is 0 Å². The molecule has 1 rings (SSSR count). The van der Waals surface area contributed by atoms with E-state index in [4.69, 9.17) is 4.74 Å². The average Bonchev–Trinajstić information content (AvgIpc) is 2.29. The average molecular weight is 305 g/mol. The number of nitrogens with zero attached hydrogens (tertiary/aromatic N) is 1. The maximum atomic E-state index is 12.3. The Kier molecular flexibility index (Phi) is 6.16. The molecule has 5 heteroatoms. The summed E-state index contributed by atoms with van der Waals surface area (Å²) in [5, 5.41) is 3.24. The van der Waals surface area contributed by atoms with Crippen molar-refractivity contribution >= 4 is 21.8 Å². The van der Waals surface area contributed by atoms with Crippen molar-refractivity contribution in [2.24, 2.45) is 5.92 Å². The number of hydrogen-bond donors (Lipinski definition) is 1. The highest BCUT2D eigenvalue weighted by Gasteiger charge is 2.27. The van der Waals surface area contributed by atoms with Gasteiger partial charge < -0.3 is 15.0 Å². The van der Waals surface area contributed by atoms with Gasteiger partial charge in [-0.15, -0.1) is 0 Å². The molecule has 0 radical (unpaired) electrons. The molecule has 1 atom stereocenters. The lowest BCUT2D eigenvalue weighted by molar-refractivity contribution is -0.138. The number of morpholine rings is 1. The first-order chi connectivity index (χ1) is 8.02. The lowest BCUT2D eigenvalue weighted by atomic mass is 10.0. The molecule has 1 fully saturated rings. The fourth-order valence-corrected chi connectivity index (χ4v) is 1.97. The zero-order valence-electron chi connectivity index (χ0n) is 10.5. The Labute approximate surface area is 112 Å². The predicted octanol–water partition coefficient (Wildman–Crippen LogP) is 1.37. The molecule has 98 valence electrons. The first kappa shape index (κ1) is 14.7. The van der Waals surface area contributed by atoms with Crippen molar-refractivity contribution in [3.63, 3.8) is 0 Å². The van der Waals surface area contributed by atoms with Crippen LogP contribution in [0.3, 0.4) is 0 Å². The number of amides is 1. The standard InChI is InChI=1S/C12H21BrN2O2/c1-9(2)11(14-8-10(3)13)12(16)15-4-6-17-7-5-15/h9,11,14H,3-8H2,1-2H3/t11-/m0/s1. The molecule has 0 bridgehead atoms. The zero-order chi connectivity index (χ0) is 12.8. The molecule has 1 aliphatic rings. The maximum absolute atomic E-state index is 12.3. The summed E-state index contributed by atoms with van der Waals surface area (Å²) in [4.78, 5) is 14.2. The van der Waals surface area contributed by atoms with Crippen LogP contribution in [0, 0.1) is 5.92 Å². The van der Waals surface area contributed by atoms with E-state index < -0.39 is 0 Å². The smallest absolute Gasteiger partial charge is 0.240 e. The van der Waals surface area contributed by atoms with Crippen LogP contribution in [0.5, 0.6) is 0 Å². The van der Waals surface area contributed by atoms with Crippen molar-refractivity contribution in [2.45, 2.75) is 19.9 Å². The van der Waals surface area contributed by atoms with E-state index in [2.05, 4.69) is 27.8 Å². The third kappa shape index (κ3) is 4.77. The second kappa shape index (κ2) is 7.13.